The van der Waals surface area contributed by atoms with Gasteiger partial charge in [-0.25, -0.2) is 0 Å². The van der Waals surface area contributed by atoms with E-state index in [0.717, 1.165) is 12.0 Å². The standard InChI is InChI=1S/C14H21NO2/c1-10-5-6-11(12(16)9-10)13(17)15-8-7-14(2,3)4/h5-6,9,16H,7-8H2,1-4H3,(H,15,17). The summed E-state index contributed by atoms with van der Waals surface area (Å²) >= 11 is 0. The van der Waals surface area contributed by atoms with Crippen LogP contribution < -0.4 is 5.32 Å². The molecule has 0 aliphatic heterocycles. The van der Waals surface area contributed by atoms with E-state index in [-0.39, 0.29) is 17.1 Å². The minimum Gasteiger partial charge on any atom is -0.507 e. The van der Waals surface area contributed by atoms with Gasteiger partial charge in [-0.3, -0.25) is 4.79 Å². The Morgan fingerprint density at radius 1 is 1.35 bits per heavy atom. The summed E-state index contributed by atoms with van der Waals surface area (Å²) in [5.74, 6) is -0.176. The molecule has 0 radical (unpaired) electrons. The van der Waals surface area contributed by atoms with Crippen LogP contribution in [0.5, 0.6) is 5.75 Å². The van der Waals surface area contributed by atoms with Crippen LogP contribution in [0.3, 0.4) is 0 Å². The van der Waals surface area contributed by atoms with E-state index < -0.39 is 0 Å². The van der Waals surface area contributed by atoms with Gasteiger partial charge < -0.3 is 10.4 Å². The van der Waals surface area contributed by atoms with Crippen LogP contribution >= 0.6 is 0 Å². The summed E-state index contributed by atoms with van der Waals surface area (Å²) in [5.41, 5.74) is 1.47. The number of nitrogens with one attached hydrogen (secondary N) is 1. The van der Waals surface area contributed by atoms with Gasteiger partial charge in [0.15, 0.2) is 0 Å². The maximum absolute atomic E-state index is 11.8. The molecule has 1 aromatic carbocycles. The summed E-state index contributed by atoms with van der Waals surface area (Å²) < 4.78 is 0. The highest BCUT2D eigenvalue weighted by molar-refractivity contribution is 5.96. The monoisotopic (exact) mass is 235 g/mol. The van der Waals surface area contributed by atoms with Gasteiger partial charge in [-0.05, 0) is 36.5 Å². The van der Waals surface area contributed by atoms with Crippen LogP contribution in [0.25, 0.3) is 0 Å². The van der Waals surface area contributed by atoms with E-state index in [1.165, 1.54) is 0 Å². The Bertz CT molecular complexity index is 405. The van der Waals surface area contributed by atoms with Crippen LogP contribution in [-0.4, -0.2) is 17.6 Å². The van der Waals surface area contributed by atoms with Crippen LogP contribution in [0.1, 0.15) is 43.1 Å². The number of carbonyl (C=O) groups excluding carboxylic acids is 1. The molecule has 0 spiro atoms. The van der Waals surface area contributed by atoms with Gasteiger partial charge in [0.1, 0.15) is 5.75 Å². The molecule has 1 aromatic rings. The summed E-state index contributed by atoms with van der Waals surface area (Å²) in [6, 6.07) is 5.06. The summed E-state index contributed by atoms with van der Waals surface area (Å²) in [5, 5.41) is 12.5. The quantitative estimate of drug-likeness (QED) is 0.846. The Balaban J connectivity index is 2.59. The first-order valence-corrected chi connectivity index (χ1v) is 5.87. The van der Waals surface area contributed by atoms with Crippen molar-refractivity contribution >= 4 is 5.91 Å². The lowest BCUT2D eigenvalue weighted by Crippen LogP contribution is -2.27. The number of rotatable bonds is 3. The van der Waals surface area contributed by atoms with E-state index in [9.17, 15) is 9.90 Å². The molecule has 94 valence electrons. The fourth-order valence-corrected chi connectivity index (χ4v) is 1.48. The lowest BCUT2D eigenvalue weighted by Gasteiger charge is -2.18. The normalized spacial score (nSPS) is 11.3. The lowest BCUT2D eigenvalue weighted by atomic mass is 9.92. The van der Waals surface area contributed by atoms with Crippen LogP contribution in [0.4, 0.5) is 0 Å². The maximum atomic E-state index is 11.8. The molecule has 0 bridgehead atoms. The van der Waals surface area contributed by atoms with Gasteiger partial charge in [0.2, 0.25) is 0 Å². The molecule has 0 atom stereocenters. The predicted molar refractivity (Wildman–Crippen MR) is 69.2 cm³/mol. The Labute approximate surface area is 103 Å². The van der Waals surface area contributed by atoms with E-state index in [2.05, 4.69) is 26.1 Å². The zero-order valence-corrected chi connectivity index (χ0v) is 11.0. The molecular formula is C14H21NO2. The van der Waals surface area contributed by atoms with Gasteiger partial charge in [-0.15, -0.1) is 0 Å². The van der Waals surface area contributed by atoms with Crippen molar-refractivity contribution in [3.63, 3.8) is 0 Å². The Morgan fingerprint density at radius 3 is 2.53 bits per heavy atom. The molecule has 0 unspecified atom stereocenters. The molecule has 0 aliphatic rings. The highest BCUT2D eigenvalue weighted by atomic mass is 16.3. The summed E-state index contributed by atoms with van der Waals surface area (Å²) in [6.45, 7) is 8.88. The number of hydrogen-bond donors (Lipinski definition) is 2. The lowest BCUT2D eigenvalue weighted by molar-refractivity contribution is 0.0947. The van der Waals surface area contributed by atoms with Crippen molar-refractivity contribution in [2.24, 2.45) is 5.41 Å². The topological polar surface area (TPSA) is 49.3 Å². The number of phenols is 1. The number of amides is 1. The largest absolute Gasteiger partial charge is 0.507 e. The van der Waals surface area contributed by atoms with Crippen molar-refractivity contribution in [3.05, 3.63) is 29.3 Å². The molecule has 3 nitrogen and oxygen atoms in total. The van der Waals surface area contributed by atoms with Crippen molar-refractivity contribution in [1.82, 2.24) is 5.32 Å². The highest BCUT2D eigenvalue weighted by Gasteiger charge is 2.13. The molecule has 2 N–H and O–H groups in total. The molecule has 0 saturated carbocycles. The van der Waals surface area contributed by atoms with Crippen molar-refractivity contribution in [3.8, 4) is 5.75 Å². The molecule has 0 aliphatic carbocycles. The fourth-order valence-electron chi connectivity index (χ4n) is 1.48. The number of hydrogen-bond acceptors (Lipinski definition) is 2. The summed E-state index contributed by atoms with van der Waals surface area (Å²) in [7, 11) is 0. The number of aryl methyl sites for hydroxylation is 1. The third kappa shape index (κ3) is 4.47. The smallest absolute Gasteiger partial charge is 0.255 e. The van der Waals surface area contributed by atoms with Crippen molar-refractivity contribution in [2.75, 3.05) is 6.54 Å². The Morgan fingerprint density at radius 2 is 2.00 bits per heavy atom. The average molecular weight is 235 g/mol. The minimum absolute atomic E-state index is 0.0401. The molecule has 17 heavy (non-hydrogen) atoms. The minimum atomic E-state index is -0.216. The molecule has 3 heteroatoms. The van der Waals surface area contributed by atoms with E-state index in [4.69, 9.17) is 0 Å². The van der Waals surface area contributed by atoms with Crippen LogP contribution in [0.15, 0.2) is 18.2 Å². The average Bonchev–Trinajstić information content (AvgIpc) is 2.15. The first kappa shape index (κ1) is 13.6. The SMILES string of the molecule is Cc1ccc(C(=O)NCCC(C)(C)C)c(O)c1. The van der Waals surface area contributed by atoms with E-state index >= 15 is 0 Å². The van der Waals surface area contributed by atoms with Crippen LogP contribution in [0.2, 0.25) is 0 Å². The highest BCUT2D eigenvalue weighted by Crippen LogP contribution is 2.19. The number of carbonyl (C=O) groups is 1. The van der Waals surface area contributed by atoms with E-state index in [1.54, 1.807) is 12.1 Å². The van der Waals surface area contributed by atoms with Gasteiger partial charge in [0.25, 0.3) is 5.91 Å². The fraction of sp³-hybridized carbons (Fsp3) is 0.500. The second-order valence-electron chi connectivity index (χ2n) is 5.59. The third-order valence-corrected chi connectivity index (χ3v) is 2.56. The van der Waals surface area contributed by atoms with Crippen molar-refractivity contribution < 1.29 is 9.90 Å². The van der Waals surface area contributed by atoms with E-state index in [1.807, 2.05) is 13.0 Å². The second-order valence-corrected chi connectivity index (χ2v) is 5.59. The molecular weight excluding hydrogens is 214 g/mol. The molecule has 0 aromatic heterocycles. The first-order chi connectivity index (χ1) is 7.79. The van der Waals surface area contributed by atoms with Crippen LogP contribution in [0, 0.1) is 12.3 Å². The Hall–Kier alpha value is -1.51. The number of benzene rings is 1. The molecule has 0 heterocycles. The van der Waals surface area contributed by atoms with Gasteiger partial charge >= 0.3 is 0 Å². The van der Waals surface area contributed by atoms with Gasteiger partial charge in [-0.2, -0.15) is 0 Å². The number of phenolic OH excluding ortho intramolecular Hbond substituents is 1. The van der Waals surface area contributed by atoms with Gasteiger partial charge in [0.05, 0.1) is 5.56 Å². The van der Waals surface area contributed by atoms with Gasteiger partial charge in [-0.1, -0.05) is 26.8 Å². The predicted octanol–water partition coefficient (Wildman–Crippen LogP) is 2.87. The maximum Gasteiger partial charge on any atom is 0.255 e. The molecule has 0 saturated heterocycles. The third-order valence-electron chi connectivity index (χ3n) is 2.56. The summed E-state index contributed by atoms with van der Waals surface area (Å²) in [4.78, 5) is 11.8. The molecule has 1 amide bonds. The van der Waals surface area contributed by atoms with Crippen LogP contribution in [-0.2, 0) is 0 Å². The Kier molecular flexibility index (Phi) is 4.16. The zero-order valence-electron chi connectivity index (χ0n) is 11.0. The number of aromatic hydroxyl groups is 1. The molecule has 1 rings (SSSR count). The zero-order chi connectivity index (χ0) is 13.1. The van der Waals surface area contributed by atoms with Gasteiger partial charge in [0, 0.05) is 6.54 Å². The summed E-state index contributed by atoms with van der Waals surface area (Å²) in [6.07, 6.45) is 0.908. The second kappa shape index (κ2) is 5.21. The molecule has 0 fully saturated rings. The van der Waals surface area contributed by atoms with Crippen molar-refractivity contribution in [1.29, 1.82) is 0 Å². The first-order valence-electron chi connectivity index (χ1n) is 5.87. The van der Waals surface area contributed by atoms with Crippen molar-refractivity contribution in [2.45, 2.75) is 34.1 Å². The van der Waals surface area contributed by atoms with E-state index in [0.29, 0.717) is 12.1 Å².